The summed E-state index contributed by atoms with van der Waals surface area (Å²) in [6.07, 6.45) is 1.90. The number of rotatable bonds is 7. The Labute approximate surface area is 196 Å². The third-order valence-electron chi connectivity index (χ3n) is 6.30. The number of anilines is 1. The number of nitrogens with zero attached hydrogens (tertiary/aromatic N) is 2. The van der Waals surface area contributed by atoms with E-state index < -0.39 is 34.7 Å². The number of fused-ring (bicyclic) bond motifs is 2. The first-order valence-electron chi connectivity index (χ1n) is 10.9. The maximum atomic E-state index is 14.3. The Balaban J connectivity index is 2.04. The zero-order chi connectivity index (χ0) is 24.6. The zero-order valence-electron chi connectivity index (χ0n) is 19.0. The van der Waals surface area contributed by atoms with Gasteiger partial charge in [0.05, 0.1) is 11.3 Å². The van der Waals surface area contributed by atoms with Crippen LogP contribution in [0.5, 0.6) is 0 Å². The fourth-order valence-corrected chi connectivity index (χ4v) is 4.73. The Hall–Kier alpha value is -3.78. The van der Waals surface area contributed by atoms with Crippen molar-refractivity contribution in [2.24, 2.45) is 0 Å². The Morgan fingerprint density at radius 2 is 1.94 bits per heavy atom. The van der Waals surface area contributed by atoms with Gasteiger partial charge in [0.1, 0.15) is 11.6 Å². The van der Waals surface area contributed by atoms with Gasteiger partial charge in [0.2, 0.25) is 0 Å². The molecule has 1 spiro atoms. The molecule has 8 heteroatoms. The first kappa shape index (κ1) is 23.4. The van der Waals surface area contributed by atoms with Gasteiger partial charge in [-0.25, -0.2) is 4.39 Å². The average Bonchev–Trinajstić information content (AvgIpc) is 3.20. The number of benzene rings is 2. The minimum absolute atomic E-state index is 0.00446. The molecule has 4 rings (SSSR count). The highest BCUT2D eigenvalue weighted by Gasteiger charge is 2.66. The molecule has 2 aromatic carbocycles. The Morgan fingerprint density at radius 1 is 1.21 bits per heavy atom. The summed E-state index contributed by atoms with van der Waals surface area (Å²) in [5.74, 6) is -3.65. The summed E-state index contributed by atoms with van der Waals surface area (Å²) in [7, 11) is 1.51. The molecule has 34 heavy (non-hydrogen) atoms. The number of hydrogen-bond acceptors (Lipinski definition) is 5. The summed E-state index contributed by atoms with van der Waals surface area (Å²) in [6, 6.07) is 10.8. The van der Waals surface area contributed by atoms with Crippen LogP contribution >= 0.6 is 0 Å². The molecule has 0 unspecified atom stereocenters. The van der Waals surface area contributed by atoms with Gasteiger partial charge in [-0.05, 0) is 31.0 Å². The number of para-hydroxylation sites is 1. The summed E-state index contributed by atoms with van der Waals surface area (Å²) in [4.78, 5) is 43.3. The number of Topliss-reactive ketones (excluding diaryl/α,β-unsaturated/α-hetero) is 1. The Bertz CT molecular complexity index is 1240. The molecule has 2 aliphatic rings. The molecule has 1 fully saturated rings. The molecule has 1 N–H and O–H groups in total. The number of amides is 2. The first-order valence-corrected chi connectivity index (χ1v) is 10.9. The van der Waals surface area contributed by atoms with Gasteiger partial charge in [0, 0.05) is 37.9 Å². The number of ketones is 1. The van der Waals surface area contributed by atoms with E-state index >= 15 is 0 Å². The number of methoxy groups -OCH3 is 1. The molecular weight excluding hydrogens is 439 g/mol. The maximum absolute atomic E-state index is 14.3. The molecule has 2 amide bonds. The van der Waals surface area contributed by atoms with Gasteiger partial charge < -0.3 is 19.6 Å². The number of hydrogen-bond donors (Lipinski definition) is 1. The molecule has 1 saturated heterocycles. The lowest BCUT2D eigenvalue weighted by Crippen LogP contribution is -2.52. The lowest BCUT2D eigenvalue weighted by molar-refractivity contribution is -0.143. The van der Waals surface area contributed by atoms with E-state index in [2.05, 4.69) is 6.58 Å². The molecule has 0 radical (unpaired) electrons. The standard InChI is InChI=1S/C26H25FN2O5/c1-4-12-28-20-9-6-5-8-18(20)26(25(28)33)21(22(30)17-11-10-16(2)19(27)15-17)23(31)24(32)29(26)13-7-14-34-3/h4-6,8-11,15,30H,1,7,12-14H2,2-3H3/t26-/m1/s1. The minimum Gasteiger partial charge on any atom is -0.507 e. The van der Waals surface area contributed by atoms with Crippen molar-refractivity contribution in [1.29, 1.82) is 0 Å². The molecule has 1 atom stereocenters. The normalized spacial score (nSPS) is 21.0. The van der Waals surface area contributed by atoms with Gasteiger partial charge in [0.25, 0.3) is 17.6 Å². The number of carbonyl (C=O) groups excluding carboxylic acids is 3. The van der Waals surface area contributed by atoms with Crippen LogP contribution in [-0.2, 0) is 24.7 Å². The van der Waals surface area contributed by atoms with E-state index in [4.69, 9.17) is 4.74 Å². The fraction of sp³-hybridized carbons (Fsp3) is 0.269. The second kappa shape index (κ2) is 8.87. The lowest BCUT2D eigenvalue weighted by Gasteiger charge is -2.34. The van der Waals surface area contributed by atoms with Crippen molar-refractivity contribution in [3.63, 3.8) is 0 Å². The van der Waals surface area contributed by atoms with Gasteiger partial charge >= 0.3 is 0 Å². The molecule has 0 bridgehead atoms. The van der Waals surface area contributed by atoms with Crippen LogP contribution in [0, 0.1) is 12.7 Å². The summed E-state index contributed by atoms with van der Waals surface area (Å²) >= 11 is 0. The second-order valence-electron chi connectivity index (χ2n) is 8.25. The monoisotopic (exact) mass is 464 g/mol. The number of likely N-dealkylation sites (tertiary alicyclic amines) is 1. The topological polar surface area (TPSA) is 87.2 Å². The highest BCUT2D eigenvalue weighted by molar-refractivity contribution is 6.50. The highest BCUT2D eigenvalue weighted by Crippen LogP contribution is 2.53. The average molecular weight is 464 g/mol. The zero-order valence-corrected chi connectivity index (χ0v) is 19.0. The number of ether oxygens (including phenoxy) is 1. The lowest BCUT2D eigenvalue weighted by atomic mass is 9.81. The SMILES string of the molecule is C=CCN1C(=O)[C@]2(C(=C(O)c3ccc(C)c(F)c3)C(=O)C(=O)N2CCCOC)c2ccccc21. The van der Waals surface area contributed by atoms with Crippen LogP contribution in [0.15, 0.2) is 60.7 Å². The molecule has 2 heterocycles. The number of aryl methyl sites for hydroxylation is 1. The van der Waals surface area contributed by atoms with Crippen molar-refractivity contribution < 1.29 is 28.6 Å². The largest absolute Gasteiger partial charge is 0.507 e. The predicted molar refractivity (Wildman–Crippen MR) is 125 cm³/mol. The van der Waals surface area contributed by atoms with Crippen molar-refractivity contribution in [3.8, 4) is 0 Å². The van der Waals surface area contributed by atoms with Crippen molar-refractivity contribution >= 4 is 29.0 Å². The number of carbonyl (C=O) groups is 3. The molecule has 2 aromatic rings. The van der Waals surface area contributed by atoms with E-state index in [1.54, 1.807) is 37.3 Å². The minimum atomic E-state index is -1.88. The third kappa shape index (κ3) is 3.25. The number of aliphatic hydroxyl groups is 1. The number of aliphatic hydroxyl groups excluding tert-OH is 1. The van der Waals surface area contributed by atoms with Crippen LogP contribution in [0.25, 0.3) is 5.76 Å². The van der Waals surface area contributed by atoms with Crippen LogP contribution in [0.2, 0.25) is 0 Å². The summed E-state index contributed by atoms with van der Waals surface area (Å²) < 4.78 is 19.4. The van der Waals surface area contributed by atoms with Crippen molar-refractivity contribution in [1.82, 2.24) is 4.90 Å². The molecule has 2 aliphatic heterocycles. The van der Waals surface area contributed by atoms with Gasteiger partial charge in [-0.15, -0.1) is 6.58 Å². The van der Waals surface area contributed by atoms with Crippen LogP contribution in [0.4, 0.5) is 10.1 Å². The molecule has 0 aliphatic carbocycles. The van der Waals surface area contributed by atoms with Gasteiger partial charge in [-0.1, -0.05) is 36.4 Å². The molecule has 0 saturated carbocycles. The van der Waals surface area contributed by atoms with Crippen molar-refractivity contribution in [2.45, 2.75) is 18.9 Å². The van der Waals surface area contributed by atoms with E-state index in [0.717, 1.165) is 6.07 Å². The van der Waals surface area contributed by atoms with Gasteiger partial charge in [0.15, 0.2) is 5.54 Å². The van der Waals surface area contributed by atoms with Crippen molar-refractivity contribution in [3.05, 3.63) is 83.2 Å². The fourth-order valence-electron chi connectivity index (χ4n) is 4.73. The van der Waals surface area contributed by atoms with E-state index in [-0.39, 0.29) is 24.2 Å². The highest BCUT2D eigenvalue weighted by atomic mass is 19.1. The van der Waals surface area contributed by atoms with Crippen LogP contribution in [-0.4, -0.2) is 54.4 Å². The van der Waals surface area contributed by atoms with Crippen LogP contribution in [0.3, 0.4) is 0 Å². The molecular formula is C26H25FN2O5. The van der Waals surface area contributed by atoms with E-state index in [1.807, 2.05) is 0 Å². The Morgan fingerprint density at radius 3 is 2.62 bits per heavy atom. The predicted octanol–water partition coefficient (Wildman–Crippen LogP) is 3.28. The van der Waals surface area contributed by atoms with Gasteiger partial charge in [-0.3, -0.25) is 14.4 Å². The first-order chi connectivity index (χ1) is 16.3. The van der Waals surface area contributed by atoms with E-state index in [9.17, 15) is 23.9 Å². The third-order valence-corrected chi connectivity index (χ3v) is 6.30. The van der Waals surface area contributed by atoms with Crippen molar-refractivity contribution in [2.75, 3.05) is 31.7 Å². The number of halogens is 1. The maximum Gasteiger partial charge on any atom is 0.296 e. The van der Waals surface area contributed by atoms with Crippen LogP contribution < -0.4 is 4.90 Å². The quantitative estimate of drug-likeness (QED) is 0.223. The Kier molecular flexibility index (Phi) is 6.10. The van der Waals surface area contributed by atoms with Gasteiger partial charge in [-0.2, -0.15) is 0 Å². The summed E-state index contributed by atoms with van der Waals surface area (Å²) in [5.41, 5.74) is -0.996. The molecule has 7 nitrogen and oxygen atoms in total. The second-order valence-corrected chi connectivity index (χ2v) is 8.25. The van der Waals surface area contributed by atoms with Crippen LogP contribution in [0.1, 0.15) is 23.1 Å². The molecule has 0 aromatic heterocycles. The van der Waals surface area contributed by atoms with E-state index in [1.165, 1.54) is 29.0 Å². The smallest absolute Gasteiger partial charge is 0.296 e. The van der Waals surface area contributed by atoms with E-state index in [0.29, 0.717) is 29.8 Å². The summed E-state index contributed by atoms with van der Waals surface area (Å²) in [6.45, 7) is 5.76. The molecule has 176 valence electrons. The summed E-state index contributed by atoms with van der Waals surface area (Å²) in [5, 5.41) is 11.3.